The van der Waals surface area contributed by atoms with Crippen LogP contribution in [0, 0.1) is 0 Å². The van der Waals surface area contributed by atoms with Crippen molar-refractivity contribution in [2.24, 2.45) is 0 Å². The van der Waals surface area contributed by atoms with Crippen molar-refractivity contribution >= 4 is 11.9 Å². The Balaban J connectivity index is 1.78. The number of benzene rings is 2. The second kappa shape index (κ2) is 8.28. The van der Waals surface area contributed by atoms with E-state index in [-0.39, 0.29) is 18.4 Å². The second-order valence-electron chi connectivity index (χ2n) is 6.27. The first-order chi connectivity index (χ1) is 14.5. The largest absolute Gasteiger partial charge is 0.497 e. The molecule has 6 nitrogen and oxygen atoms in total. The number of rotatable bonds is 5. The Morgan fingerprint density at radius 1 is 0.968 bits per heavy atom. The normalized spacial score (nSPS) is 12.0. The van der Waals surface area contributed by atoms with Gasteiger partial charge in [0, 0.05) is 5.56 Å². The van der Waals surface area contributed by atoms with E-state index in [2.05, 4.69) is 10.2 Å². The smallest absolute Gasteiger partial charge is 0.416 e. The molecule has 1 N–H and O–H groups in total. The average molecular weight is 445 g/mol. The van der Waals surface area contributed by atoms with Gasteiger partial charge in [-0.15, -0.1) is 5.10 Å². The van der Waals surface area contributed by atoms with E-state index in [1.54, 1.807) is 24.3 Å². The molecule has 3 rings (SSSR count). The van der Waals surface area contributed by atoms with Crippen LogP contribution in [0.15, 0.2) is 46.9 Å². The van der Waals surface area contributed by atoms with Crippen LogP contribution in [-0.2, 0) is 18.8 Å². The highest BCUT2D eigenvalue weighted by molar-refractivity contribution is 6.03. The van der Waals surface area contributed by atoms with Crippen LogP contribution in [-0.4, -0.2) is 23.2 Å². The van der Waals surface area contributed by atoms with Gasteiger partial charge in [-0.25, -0.2) is 0 Å². The van der Waals surface area contributed by atoms with Crippen molar-refractivity contribution in [1.29, 1.82) is 0 Å². The molecule has 0 aliphatic carbocycles. The van der Waals surface area contributed by atoms with Gasteiger partial charge in [-0.1, -0.05) is 17.2 Å². The molecular formula is C19H13F6N3O3. The molecule has 1 heterocycles. The maximum atomic E-state index is 12.9. The highest BCUT2D eigenvalue weighted by Gasteiger charge is 2.37. The zero-order chi connectivity index (χ0) is 22.8. The molecular weight excluding hydrogens is 432 g/mol. The van der Waals surface area contributed by atoms with Gasteiger partial charge in [-0.2, -0.15) is 26.3 Å². The van der Waals surface area contributed by atoms with E-state index in [9.17, 15) is 31.1 Å². The Morgan fingerprint density at radius 3 is 2.06 bits per heavy atom. The number of hydrogen-bond donors (Lipinski definition) is 1. The van der Waals surface area contributed by atoms with Gasteiger partial charge >= 0.3 is 18.4 Å². The lowest BCUT2D eigenvalue weighted by Crippen LogP contribution is -2.17. The van der Waals surface area contributed by atoms with Crippen LogP contribution in [0.3, 0.4) is 0 Å². The van der Waals surface area contributed by atoms with Gasteiger partial charge in [0.1, 0.15) is 5.75 Å². The first-order valence-electron chi connectivity index (χ1n) is 8.52. The van der Waals surface area contributed by atoms with Gasteiger partial charge in [0.05, 0.1) is 24.7 Å². The quantitative estimate of drug-likeness (QED) is 0.562. The lowest BCUT2D eigenvalue weighted by Gasteiger charge is -2.13. The molecule has 0 aliphatic heterocycles. The Hall–Kier alpha value is -3.57. The van der Waals surface area contributed by atoms with Crippen molar-refractivity contribution in [2.45, 2.75) is 18.8 Å². The second-order valence-corrected chi connectivity index (χ2v) is 6.27. The van der Waals surface area contributed by atoms with Crippen molar-refractivity contribution < 1.29 is 40.3 Å². The zero-order valence-corrected chi connectivity index (χ0v) is 15.6. The maximum absolute atomic E-state index is 12.9. The van der Waals surface area contributed by atoms with Crippen molar-refractivity contribution in [2.75, 3.05) is 12.4 Å². The van der Waals surface area contributed by atoms with Gasteiger partial charge in [0.15, 0.2) is 0 Å². The Bertz CT molecular complexity index is 1040. The van der Waals surface area contributed by atoms with E-state index in [0.717, 1.165) is 5.56 Å². The summed E-state index contributed by atoms with van der Waals surface area (Å²) in [6.45, 7) is 0. The van der Waals surface area contributed by atoms with Crippen molar-refractivity contribution in [1.82, 2.24) is 10.2 Å². The van der Waals surface area contributed by atoms with Gasteiger partial charge in [0.2, 0.25) is 5.89 Å². The molecule has 164 valence electrons. The summed E-state index contributed by atoms with van der Waals surface area (Å²) in [7, 11) is 1.50. The van der Waals surface area contributed by atoms with E-state index in [0.29, 0.717) is 17.9 Å². The monoisotopic (exact) mass is 445 g/mol. The summed E-state index contributed by atoms with van der Waals surface area (Å²) < 4.78 is 87.8. The Morgan fingerprint density at radius 2 is 1.55 bits per heavy atom. The predicted octanol–water partition coefficient (Wildman–Crippen LogP) is 4.96. The van der Waals surface area contributed by atoms with Crippen LogP contribution in [0.4, 0.5) is 32.4 Å². The summed E-state index contributed by atoms with van der Waals surface area (Å²) in [6.07, 6.45) is -9.98. The molecule has 0 bridgehead atoms. The fraction of sp³-hybridized carbons (Fsp3) is 0.211. The van der Waals surface area contributed by atoms with Gasteiger partial charge in [-0.05, 0) is 35.9 Å². The molecule has 0 spiro atoms. The fourth-order valence-corrected chi connectivity index (χ4v) is 2.55. The van der Waals surface area contributed by atoms with Crippen molar-refractivity contribution in [3.8, 4) is 5.75 Å². The number of nitrogens with zero attached hydrogens (tertiary/aromatic N) is 2. The van der Waals surface area contributed by atoms with Gasteiger partial charge in [0.25, 0.3) is 5.91 Å². The molecule has 0 saturated carbocycles. The van der Waals surface area contributed by atoms with Crippen LogP contribution < -0.4 is 10.1 Å². The summed E-state index contributed by atoms with van der Waals surface area (Å²) in [6, 6.07) is 6.90. The molecule has 1 aromatic heterocycles. The summed E-state index contributed by atoms with van der Waals surface area (Å²) in [5.41, 5.74) is -3.33. The molecule has 0 fully saturated rings. The standard InChI is InChI=1S/C19H13F6N3O3/c1-30-14-4-2-10(3-5-14)6-15-27-28-17(31-15)26-16(29)11-7-12(18(20,21)22)9-13(8-11)19(23,24)25/h2-5,7-9H,6H2,1H3,(H,26,28,29). The summed E-state index contributed by atoms with van der Waals surface area (Å²) in [5.74, 6) is -0.571. The molecule has 0 saturated heterocycles. The number of amides is 1. The average Bonchev–Trinajstić information content (AvgIpc) is 3.13. The number of aromatic nitrogens is 2. The fourth-order valence-electron chi connectivity index (χ4n) is 2.55. The van der Waals surface area contributed by atoms with Crippen LogP contribution in [0.25, 0.3) is 0 Å². The summed E-state index contributed by atoms with van der Waals surface area (Å²) >= 11 is 0. The van der Waals surface area contributed by atoms with E-state index in [1.807, 2.05) is 5.32 Å². The number of methoxy groups -OCH3 is 1. The minimum Gasteiger partial charge on any atom is -0.497 e. The lowest BCUT2D eigenvalue weighted by molar-refractivity contribution is -0.143. The van der Waals surface area contributed by atoms with E-state index in [4.69, 9.17) is 9.15 Å². The van der Waals surface area contributed by atoms with Crippen molar-refractivity contribution in [3.63, 3.8) is 0 Å². The minimum absolute atomic E-state index is 0.0699. The Kier molecular flexibility index (Phi) is 5.91. The third kappa shape index (κ3) is 5.53. The number of hydrogen-bond acceptors (Lipinski definition) is 5. The number of halogens is 6. The topological polar surface area (TPSA) is 77.3 Å². The zero-order valence-electron chi connectivity index (χ0n) is 15.6. The molecule has 1 amide bonds. The summed E-state index contributed by atoms with van der Waals surface area (Å²) in [4.78, 5) is 12.2. The molecule has 3 aromatic rings. The SMILES string of the molecule is COc1ccc(Cc2nnc(NC(=O)c3cc(C(F)(F)F)cc(C(F)(F)F)c3)o2)cc1. The highest BCUT2D eigenvalue weighted by atomic mass is 19.4. The van der Waals surface area contributed by atoms with Crippen LogP contribution in [0.1, 0.15) is 32.9 Å². The van der Waals surface area contributed by atoms with Gasteiger partial charge in [-0.3, -0.25) is 10.1 Å². The molecule has 2 aromatic carbocycles. The number of anilines is 1. The van der Waals surface area contributed by atoms with Crippen molar-refractivity contribution in [3.05, 3.63) is 70.6 Å². The predicted molar refractivity (Wildman–Crippen MR) is 94.5 cm³/mol. The molecule has 0 radical (unpaired) electrons. The number of carbonyl (C=O) groups excluding carboxylic acids is 1. The summed E-state index contributed by atoms with van der Waals surface area (Å²) in [5, 5.41) is 9.23. The first kappa shape index (κ1) is 22.1. The highest BCUT2D eigenvalue weighted by Crippen LogP contribution is 2.36. The van der Waals surface area contributed by atoms with E-state index < -0.39 is 41.0 Å². The number of alkyl halides is 6. The maximum Gasteiger partial charge on any atom is 0.416 e. The number of carbonyl (C=O) groups is 1. The first-order valence-corrected chi connectivity index (χ1v) is 8.52. The van der Waals surface area contributed by atoms with Crippen LogP contribution in [0.5, 0.6) is 5.75 Å². The number of nitrogens with one attached hydrogen (secondary N) is 1. The minimum atomic E-state index is -5.08. The molecule has 0 unspecified atom stereocenters. The molecule has 0 atom stereocenters. The molecule has 0 aliphatic rings. The van der Waals surface area contributed by atoms with E-state index in [1.165, 1.54) is 7.11 Å². The molecule has 31 heavy (non-hydrogen) atoms. The Labute approximate surface area is 170 Å². The lowest BCUT2D eigenvalue weighted by atomic mass is 10.0. The van der Waals surface area contributed by atoms with E-state index >= 15 is 0 Å². The van der Waals surface area contributed by atoms with Crippen LogP contribution >= 0.6 is 0 Å². The molecule has 12 heteroatoms. The third-order valence-corrected chi connectivity index (χ3v) is 4.05. The number of ether oxygens (including phenoxy) is 1. The third-order valence-electron chi connectivity index (χ3n) is 4.05. The van der Waals surface area contributed by atoms with Crippen LogP contribution in [0.2, 0.25) is 0 Å². The van der Waals surface area contributed by atoms with Gasteiger partial charge < -0.3 is 9.15 Å².